The summed E-state index contributed by atoms with van der Waals surface area (Å²) in [4.78, 5) is 0. The van der Waals surface area contributed by atoms with Gasteiger partial charge in [0.15, 0.2) is 0 Å². The summed E-state index contributed by atoms with van der Waals surface area (Å²) in [6, 6.07) is 6.01. The predicted molar refractivity (Wildman–Crippen MR) is 67.3 cm³/mol. The first-order valence-electron chi connectivity index (χ1n) is 5.63. The number of nitrogens with one attached hydrogen (secondary N) is 1. The van der Waals surface area contributed by atoms with Crippen LogP contribution in [0.4, 0.5) is 5.69 Å². The van der Waals surface area contributed by atoms with E-state index in [0.29, 0.717) is 6.10 Å². The van der Waals surface area contributed by atoms with Crippen LogP contribution >= 0.6 is 0 Å². The van der Waals surface area contributed by atoms with Gasteiger partial charge in [0.2, 0.25) is 0 Å². The number of aryl methyl sites for hydroxylation is 1. The molecule has 0 aromatic heterocycles. The summed E-state index contributed by atoms with van der Waals surface area (Å²) < 4.78 is 10.6. The number of anilines is 1. The molecule has 1 rings (SSSR count). The van der Waals surface area contributed by atoms with E-state index in [1.807, 2.05) is 32.0 Å². The molecule has 0 bridgehead atoms. The Bertz CT molecular complexity index is 324. The second-order valence-corrected chi connectivity index (χ2v) is 4.03. The minimum absolute atomic E-state index is 0.291. The maximum Gasteiger partial charge on any atom is 0.119 e. The van der Waals surface area contributed by atoms with E-state index in [2.05, 4.69) is 12.2 Å². The number of hydrogen-bond acceptors (Lipinski definition) is 3. The van der Waals surface area contributed by atoms with E-state index in [9.17, 15) is 0 Å². The lowest BCUT2D eigenvalue weighted by Gasteiger charge is -2.12. The minimum Gasteiger partial charge on any atom is -0.497 e. The molecule has 3 nitrogen and oxygen atoms in total. The average Bonchev–Trinajstić information content (AvgIpc) is 2.25. The molecule has 0 fully saturated rings. The molecule has 0 atom stereocenters. The molecule has 0 heterocycles. The van der Waals surface area contributed by atoms with Gasteiger partial charge in [0.25, 0.3) is 0 Å². The lowest BCUT2D eigenvalue weighted by atomic mass is 10.2. The Kier molecular flexibility index (Phi) is 5.12. The van der Waals surface area contributed by atoms with Crippen molar-refractivity contribution in [3.8, 4) is 5.75 Å². The Hall–Kier alpha value is -1.22. The molecule has 1 aromatic carbocycles. The van der Waals surface area contributed by atoms with Gasteiger partial charge in [-0.2, -0.15) is 0 Å². The van der Waals surface area contributed by atoms with Crippen LogP contribution in [0.2, 0.25) is 0 Å². The number of methoxy groups -OCH3 is 1. The van der Waals surface area contributed by atoms with Crippen LogP contribution in [-0.2, 0) is 4.74 Å². The van der Waals surface area contributed by atoms with Crippen LogP contribution in [-0.4, -0.2) is 26.4 Å². The first-order valence-corrected chi connectivity index (χ1v) is 5.63. The highest BCUT2D eigenvalue weighted by Gasteiger charge is 1.99. The lowest BCUT2D eigenvalue weighted by molar-refractivity contribution is 0.0870. The van der Waals surface area contributed by atoms with E-state index >= 15 is 0 Å². The zero-order valence-corrected chi connectivity index (χ0v) is 10.5. The molecule has 0 amide bonds. The van der Waals surface area contributed by atoms with Crippen molar-refractivity contribution >= 4 is 5.69 Å². The van der Waals surface area contributed by atoms with Crippen molar-refractivity contribution in [3.05, 3.63) is 23.8 Å². The van der Waals surface area contributed by atoms with Gasteiger partial charge < -0.3 is 14.8 Å². The van der Waals surface area contributed by atoms with Crippen LogP contribution in [0.5, 0.6) is 5.75 Å². The highest BCUT2D eigenvalue weighted by atomic mass is 16.5. The van der Waals surface area contributed by atoms with E-state index in [4.69, 9.17) is 9.47 Å². The van der Waals surface area contributed by atoms with Gasteiger partial charge in [-0.3, -0.25) is 0 Å². The largest absolute Gasteiger partial charge is 0.497 e. The van der Waals surface area contributed by atoms with E-state index in [1.165, 1.54) is 5.56 Å². The van der Waals surface area contributed by atoms with Crippen molar-refractivity contribution in [3.63, 3.8) is 0 Å². The molecule has 1 N–H and O–H groups in total. The summed E-state index contributed by atoms with van der Waals surface area (Å²) in [7, 11) is 1.68. The molecule has 0 aliphatic carbocycles. The fourth-order valence-electron chi connectivity index (χ4n) is 1.44. The van der Waals surface area contributed by atoms with Crippen LogP contribution in [0.3, 0.4) is 0 Å². The van der Waals surface area contributed by atoms with Crippen molar-refractivity contribution in [1.82, 2.24) is 0 Å². The number of benzene rings is 1. The highest BCUT2D eigenvalue weighted by molar-refractivity contribution is 5.53. The van der Waals surface area contributed by atoms with Crippen molar-refractivity contribution in [2.45, 2.75) is 26.9 Å². The molecule has 0 aliphatic heterocycles. The van der Waals surface area contributed by atoms with E-state index in [1.54, 1.807) is 7.11 Å². The second-order valence-electron chi connectivity index (χ2n) is 4.03. The molecule has 0 aliphatic rings. The molecule has 0 unspecified atom stereocenters. The van der Waals surface area contributed by atoms with Gasteiger partial charge >= 0.3 is 0 Å². The summed E-state index contributed by atoms with van der Waals surface area (Å²) in [5.74, 6) is 0.890. The van der Waals surface area contributed by atoms with Gasteiger partial charge in [-0.15, -0.1) is 0 Å². The molecule has 0 radical (unpaired) electrons. The third-order valence-electron chi connectivity index (χ3n) is 2.30. The summed E-state index contributed by atoms with van der Waals surface area (Å²) in [6.45, 7) is 7.69. The Morgan fingerprint density at radius 2 is 2.06 bits per heavy atom. The fourth-order valence-corrected chi connectivity index (χ4v) is 1.44. The Morgan fingerprint density at radius 3 is 2.62 bits per heavy atom. The maximum atomic E-state index is 5.46. The first kappa shape index (κ1) is 12.8. The quantitative estimate of drug-likeness (QED) is 0.752. The maximum absolute atomic E-state index is 5.46. The Labute approximate surface area is 97.8 Å². The Morgan fingerprint density at radius 1 is 1.31 bits per heavy atom. The summed E-state index contributed by atoms with van der Waals surface area (Å²) in [5, 5.41) is 3.34. The molecule has 3 heteroatoms. The van der Waals surface area contributed by atoms with Crippen LogP contribution in [0.15, 0.2) is 18.2 Å². The normalized spacial score (nSPS) is 10.6. The van der Waals surface area contributed by atoms with Crippen LogP contribution in [0.25, 0.3) is 0 Å². The summed E-state index contributed by atoms with van der Waals surface area (Å²) in [5.41, 5.74) is 2.32. The molecular weight excluding hydrogens is 202 g/mol. The number of hydrogen-bond donors (Lipinski definition) is 1. The van der Waals surface area contributed by atoms with Crippen molar-refractivity contribution in [2.24, 2.45) is 0 Å². The minimum atomic E-state index is 0.291. The zero-order valence-electron chi connectivity index (χ0n) is 10.5. The second kappa shape index (κ2) is 6.38. The third-order valence-corrected chi connectivity index (χ3v) is 2.30. The van der Waals surface area contributed by atoms with Gasteiger partial charge in [0.1, 0.15) is 5.75 Å². The lowest BCUT2D eigenvalue weighted by Crippen LogP contribution is -2.13. The van der Waals surface area contributed by atoms with Gasteiger partial charge in [0.05, 0.1) is 19.8 Å². The third kappa shape index (κ3) is 4.11. The molecule has 0 saturated heterocycles. The SMILES string of the molecule is COc1ccc(NCCOC(C)C)c(C)c1. The zero-order chi connectivity index (χ0) is 12.0. The molecule has 0 spiro atoms. The standard InChI is InChI=1S/C13H21NO2/c1-10(2)16-8-7-14-13-6-5-12(15-4)9-11(13)3/h5-6,9-10,14H,7-8H2,1-4H3. The molecular formula is C13H21NO2. The first-order chi connectivity index (χ1) is 7.63. The van der Waals surface area contributed by atoms with Gasteiger partial charge in [-0.1, -0.05) is 0 Å². The predicted octanol–water partition coefficient (Wildman–Crippen LogP) is 2.84. The van der Waals surface area contributed by atoms with Crippen molar-refractivity contribution in [1.29, 1.82) is 0 Å². The van der Waals surface area contributed by atoms with E-state index in [-0.39, 0.29) is 0 Å². The van der Waals surface area contributed by atoms with E-state index in [0.717, 1.165) is 24.6 Å². The molecule has 0 saturated carbocycles. The molecule has 1 aromatic rings. The van der Waals surface area contributed by atoms with E-state index < -0.39 is 0 Å². The van der Waals surface area contributed by atoms with Crippen molar-refractivity contribution in [2.75, 3.05) is 25.6 Å². The molecule has 16 heavy (non-hydrogen) atoms. The number of rotatable bonds is 6. The number of ether oxygens (including phenoxy) is 2. The highest BCUT2D eigenvalue weighted by Crippen LogP contribution is 2.20. The van der Waals surface area contributed by atoms with Gasteiger partial charge in [-0.05, 0) is 44.5 Å². The topological polar surface area (TPSA) is 30.5 Å². The summed E-state index contributed by atoms with van der Waals surface area (Å²) in [6.07, 6.45) is 0.291. The van der Waals surface area contributed by atoms with Crippen LogP contribution in [0, 0.1) is 6.92 Å². The smallest absolute Gasteiger partial charge is 0.119 e. The summed E-state index contributed by atoms with van der Waals surface area (Å²) >= 11 is 0. The monoisotopic (exact) mass is 223 g/mol. The van der Waals surface area contributed by atoms with Crippen LogP contribution in [0.1, 0.15) is 19.4 Å². The van der Waals surface area contributed by atoms with Crippen molar-refractivity contribution < 1.29 is 9.47 Å². The Balaban J connectivity index is 2.42. The van der Waals surface area contributed by atoms with Gasteiger partial charge in [0, 0.05) is 12.2 Å². The fraction of sp³-hybridized carbons (Fsp3) is 0.538. The molecule has 90 valence electrons. The van der Waals surface area contributed by atoms with Gasteiger partial charge in [-0.25, -0.2) is 0 Å². The van der Waals surface area contributed by atoms with Crippen LogP contribution < -0.4 is 10.1 Å². The average molecular weight is 223 g/mol.